The summed E-state index contributed by atoms with van der Waals surface area (Å²) in [5, 5.41) is 63.2. The summed E-state index contributed by atoms with van der Waals surface area (Å²) < 4.78 is 28.8. The van der Waals surface area contributed by atoms with Crippen LogP contribution in [0.1, 0.15) is 130 Å². The molecule has 9 amide bonds. The van der Waals surface area contributed by atoms with E-state index in [1.165, 1.54) is 56.5 Å². The monoisotopic (exact) mass is 1320 g/mol. The molecule has 0 aliphatic carbocycles. The number of rotatable bonds is 35. The molecule has 28 heteroatoms. The number of aliphatic hydroxyl groups excluding tert-OH is 4. The Balaban J connectivity index is 1.24. The van der Waals surface area contributed by atoms with Crippen molar-refractivity contribution in [1.29, 1.82) is 0 Å². The van der Waals surface area contributed by atoms with Gasteiger partial charge in [0.15, 0.2) is 6.10 Å². The van der Waals surface area contributed by atoms with Crippen LogP contribution in [0.4, 0.5) is 10.5 Å². The summed E-state index contributed by atoms with van der Waals surface area (Å²) in [5.74, 6) is -7.41. The van der Waals surface area contributed by atoms with Crippen molar-refractivity contribution in [1.82, 2.24) is 35.6 Å². The Kier molecular flexibility index (Phi) is 29.8. The van der Waals surface area contributed by atoms with Crippen molar-refractivity contribution in [2.75, 3.05) is 53.3 Å². The van der Waals surface area contributed by atoms with E-state index >= 15 is 0 Å². The molecule has 522 valence electrons. The molecule has 3 heterocycles. The van der Waals surface area contributed by atoms with E-state index in [1.54, 1.807) is 77.8 Å². The number of imide groups is 1. The Morgan fingerprint density at radius 3 is 2.05 bits per heavy atom. The highest BCUT2D eigenvalue weighted by Gasteiger charge is 2.49. The normalized spacial score (nSPS) is 21.7. The molecule has 9 N–H and O–H groups in total. The summed E-state index contributed by atoms with van der Waals surface area (Å²) >= 11 is 0. The third kappa shape index (κ3) is 20.5. The maximum atomic E-state index is 14.9. The number of unbranched alkanes of at least 4 members (excludes halogenated alkanes) is 2. The molecule has 0 aromatic heterocycles. The van der Waals surface area contributed by atoms with Crippen molar-refractivity contribution in [2.45, 2.75) is 199 Å². The number of hydrogen-bond donors (Lipinski definition) is 9. The van der Waals surface area contributed by atoms with Crippen molar-refractivity contribution in [3.63, 3.8) is 0 Å². The molecule has 2 aromatic rings. The number of benzene rings is 2. The van der Waals surface area contributed by atoms with Crippen LogP contribution in [0.15, 0.2) is 60.7 Å². The van der Waals surface area contributed by atoms with E-state index in [1.807, 2.05) is 19.9 Å². The van der Waals surface area contributed by atoms with Crippen LogP contribution in [0.3, 0.4) is 0 Å². The van der Waals surface area contributed by atoms with E-state index in [9.17, 15) is 73.5 Å². The van der Waals surface area contributed by atoms with Crippen LogP contribution in [0.25, 0.3) is 0 Å². The summed E-state index contributed by atoms with van der Waals surface area (Å²) in [5.41, 5.74) is 0.776. The second-order valence-corrected chi connectivity index (χ2v) is 25.1. The molecule has 2 fully saturated rings. The van der Waals surface area contributed by atoms with Crippen molar-refractivity contribution < 1.29 is 97.2 Å². The lowest BCUT2D eigenvalue weighted by molar-refractivity contribution is -0.271. The number of nitrogens with one attached hydrogen (secondary N) is 4. The van der Waals surface area contributed by atoms with E-state index in [-0.39, 0.29) is 73.0 Å². The van der Waals surface area contributed by atoms with Gasteiger partial charge in [-0.05, 0) is 73.6 Å². The summed E-state index contributed by atoms with van der Waals surface area (Å²) in [6.45, 7) is 14.3. The SMILES string of the molecule is CC[C@H](C)[C@@H](C(CC(=O)N1CCC[C@H]1[C@H](OC)[C@@H](C)C(=O)N[C@H](C)[C@@H](O)c1ccccc1)OC)N(C)C(=O)[C@@H](NC(=O)[C@H](C(C)C)N(C)C(=O)OCc1ccc(O[C@@H]2O[C@H](C(=O)O)[C@@H](O)[C@H](O)[C@H]2O)c(NC(=O)CCNC(=O)CCCCCN2C(=O)C=CC2=O)c1)C(C)C. The Bertz CT molecular complexity index is 2930. The molecule has 3 aliphatic heterocycles. The Morgan fingerprint density at radius 2 is 1.45 bits per heavy atom. The number of carboxylic acid groups (broad SMARTS) is 1. The molecule has 0 radical (unpaired) electrons. The lowest BCUT2D eigenvalue weighted by Crippen LogP contribution is -2.61. The van der Waals surface area contributed by atoms with Gasteiger partial charge in [-0.3, -0.25) is 48.2 Å². The van der Waals surface area contributed by atoms with E-state index in [4.69, 9.17) is 23.7 Å². The van der Waals surface area contributed by atoms with E-state index in [2.05, 4.69) is 21.3 Å². The predicted octanol–water partition coefficient (Wildman–Crippen LogP) is 2.78. The number of likely N-dealkylation sites (N-methyl/N-ethyl adjacent to an activating group) is 2. The highest BCUT2D eigenvalue weighted by Crippen LogP contribution is 2.33. The number of likely N-dealkylation sites (tertiary alicyclic amines) is 1. The predicted molar refractivity (Wildman–Crippen MR) is 340 cm³/mol. The average molecular weight is 1320 g/mol. The topological polar surface area (TPSA) is 379 Å². The van der Waals surface area contributed by atoms with Crippen LogP contribution in [-0.4, -0.2) is 226 Å². The van der Waals surface area contributed by atoms with Gasteiger partial charge in [0.1, 0.15) is 42.8 Å². The van der Waals surface area contributed by atoms with Crippen molar-refractivity contribution in [3.8, 4) is 5.75 Å². The van der Waals surface area contributed by atoms with E-state index < -0.39 is 145 Å². The van der Waals surface area contributed by atoms with Gasteiger partial charge in [-0.25, -0.2) is 9.59 Å². The lowest BCUT2D eigenvalue weighted by Gasteiger charge is -2.41. The average Bonchev–Trinajstić information content (AvgIpc) is 1.24. The second-order valence-electron chi connectivity index (χ2n) is 25.1. The number of carbonyl (C=O) groups excluding carboxylic acids is 9. The molecule has 2 saturated heterocycles. The molecule has 3 aliphatic rings. The van der Waals surface area contributed by atoms with Gasteiger partial charge < -0.3 is 80.3 Å². The summed E-state index contributed by atoms with van der Waals surface area (Å²) in [4.78, 5) is 138. The minimum absolute atomic E-state index is 0.102. The van der Waals surface area contributed by atoms with Crippen molar-refractivity contribution >= 4 is 65.0 Å². The third-order valence-electron chi connectivity index (χ3n) is 17.7. The van der Waals surface area contributed by atoms with Gasteiger partial charge in [-0.1, -0.05) is 97.7 Å². The zero-order chi connectivity index (χ0) is 69.8. The molecular formula is C66H98N8O20. The number of methoxy groups -OCH3 is 2. The first-order chi connectivity index (χ1) is 44.5. The number of carbonyl (C=O) groups is 10. The molecule has 15 atom stereocenters. The summed E-state index contributed by atoms with van der Waals surface area (Å²) in [6.07, 6.45) is -7.98. The van der Waals surface area contributed by atoms with Crippen LogP contribution in [0.2, 0.25) is 0 Å². The minimum Gasteiger partial charge on any atom is -0.479 e. The zero-order valence-corrected chi connectivity index (χ0v) is 55.9. The number of aliphatic hydroxyl groups is 4. The van der Waals surface area contributed by atoms with Crippen LogP contribution in [-0.2, 0) is 68.7 Å². The fourth-order valence-electron chi connectivity index (χ4n) is 12.1. The zero-order valence-electron chi connectivity index (χ0n) is 55.9. The summed E-state index contributed by atoms with van der Waals surface area (Å²) in [7, 11) is 5.92. The van der Waals surface area contributed by atoms with Gasteiger partial charge in [0, 0.05) is 72.9 Å². The fourth-order valence-corrected chi connectivity index (χ4v) is 12.1. The third-order valence-corrected chi connectivity index (χ3v) is 17.7. The van der Waals surface area contributed by atoms with Crippen LogP contribution < -0.4 is 26.0 Å². The molecule has 5 rings (SSSR count). The molecule has 2 aromatic carbocycles. The minimum atomic E-state index is -2.03. The van der Waals surface area contributed by atoms with Crippen molar-refractivity contribution in [2.24, 2.45) is 23.7 Å². The van der Waals surface area contributed by atoms with Crippen LogP contribution >= 0.6 is 0 Å². The molecule has 1 unspecified atom stereocenters. The van der Waals surface area contributed by atoms with Gasteiger partial charge in [-0.15, -0.1) is 0 Å². The summed E-state index contributed by atoms with van der Waals surface area (Å²) in [6, 6.07) is 8.91. The molecule has 94 heavy (non-hydrogen) atoms. The smallest absolute Gasteiger partial charge is 0.410 e. The van der Waals surface area contributed by atoms with Gasteiger partial charge >= 0.3 is 12.1 Å². The first-order valence-corrected chi connectivity index (χ1v) is 32.1. The number of aliphatic carboxylic acids is 1. The number of nitrogens with zero attached hydrogens (tertiary/aromatic N) is 4. The standard InChI is InChI=1S/C66H98N8O20/c1-13-38(6)54(46(90-11)34-51(79)73-32-20-23-44(73)59(91-12)39(7)61(84)68-40(8)55(80)42-21-16-14-17-22-42)71(9)63(86)52(36(2)3)70-62(85)53(37(4)5)72(10)66(89)92-35-41-25-26-45(93-65-58(83)56(81)57(82)60(94-65)64(87)88)43(33-41)69-48(76)29-30-67-47(75)24-18-15-19-31-74-49(77)27-28-50(74)78/h14,16-17,21-22,25-28,33,36-40,44,46,52-60,65,80-83H,13,15,18-20,23-24,29-32,34-35H2,1-12H3,(H,67,75)(H,68,84)(H,69,76)(H,70,85)(H,87,88)/t38-,39+,40+,44-,46?,52-,53-,54-,55+,56-,57-,58+,59+,60-,65+/m0/s1. The van der Waals surface area contributed by atoms with E-state index in [0.717, 1.165) is 9.80 Å². The number of carboxylic acids is 1. The first kappa shape index (κ1) is 77.1. The maximum absolute atomic E-state index is 14.9. The fraction of sp³-hybridized carbons (Fsp3) is 0.636. The van der Waals surface area contributed by atoms with Gasteiger partial charge in [0.25, 0.3) is 11.8 Å². The number of anilines is 1. The highest BCUT2D eigenvalue weighted by molar-refractivity contribution is 6.12. The van der Waals surface area contributed by atoms with Gasteiger partial charge in [0.05, 0.1) is 54.5 Å². The highest BCUT2D eigenvalue weighted by atomic mass is 16.7. The first-order valence-electron chi connectivity index (χ1n) is 32.1. The number of hydrogen-bond acceptors (Lipinski definition) is 19. The lowest BCUT2D eigenvalue weighted by atomic mass is 9.89. The number of amides is 9. The van der Waals surface area contributed by atoms with Gasteiger partial charge in [-0.2, -0.15) is 0 Å². The molecule has 28 nitrogen and oxygen atoms in total. The molecule has 0 spiro atoms. The second kappa shape index (κ2) is 36.3. The van der Waals surface area contributed by atoms with Crippen LogP contribution in [0, 0.1) is 23.7 Å². The molecular weight excluding hydrogens is 1220 g/mol. The number of ether oxygens (including phenoxy) is 5. The van der Waals surface area contributed by atoms with E-state index in [0.29, 0.717) is 50.6 Å². The quantitative estimate of drug-likeness (QED) is 0.0354. The Labute approximate surface area is 549 Å². The maximum Gasteiger partial charge on any atom is 0.410 e. The Hall–Kier alpha value is -7.60. The van der Waals surface area contributed by atoms with Crippen LogP contribution in [0.5, 0.6) is 5.75 Å². The Morgan fingerprint density at radius 1 is 0.777 bits per heavy atom. The molecule has 0 saturated carbocycles. The molecule has 0 bridgehead atoms. The van der Waals surface area contributed by atoms with Gasteiger partial charge in [0.2, 0.25) is 41.7 Å². The van der Waals surface area contributed by atoms with Crippen molar-refractivity contribution in [3.05, 3.63) is 71.8 Å². The largest absolute Gasteiger partial charge is 0.479 e.